The first-order valence-corrected chi connectivity index (χ1v) is 8.76. The van der Waals surface area contributed by atoms with Crippen LogP contribution in [0.15, 0.2) is 60.7 Å². The van der Waals surface area contributed by atoms with Crippen LogP contribution in [0.2, 0.25) is 0 Å². The number of carbonyl (C=O) groups is 2. The van der Waals surface area contributed by atoms with Crippen LogP contribution in [-0.2, 0) is 18.6 Å². The van der Waals surface area contributed by atoms with Gasteiger partial charge in [0.2, 0.25) is 0 Å². The minimum atomic E-state index is -4.12. The van der Waals surface area contributed by atoms with Gasteiger partial charge in [-0.2, -0.15) is 0 Å². The Morgan fingerprint density at radius 2 is 1.44 bits per heavy atom. The zero-order valence-electron chi connectivity index (χ0n) is 12.9. The monoisotopic (exact) mass is 363 g/mol. The number of esters is 1. The number of ether oxygens (including phenoxy) is 1. The lowest BCUT2D eigenvalue weighted by molar-refractivity contribution is -0.135. The molecule has 0 aliphatic carbocycles. The van der Waals surface area contributed by atoms with E-state index in [9.17, 15) is 14.2 Å². The number of hydrogen-bond acceptors (Lipinski definition) is 7. The molecule has 25 heavy (non-hydrogen) atoms. The zero-order chi connectivity index (χ0) is 17.7. The molecule has 1 saturated heterocycles. The quantitative estimate of drug-likeness (QED) is 0.459. The highest BCUT2D eigenvalue weighted by Crippen LogP contribution is 2.49. The minimum absolute atomic E-state index is 0.264. The SMILES string of the molecule is O=C1NC(COP(=O)(Oc2ccccc2)Oc2ccccc2)C(=O)O1. The summed E-state index contributed by atoms with van der Waals surface area (Å²) in [5, 5.41) is 2.24. The fourth-order valence-electron chi connectivity index (χ4n) is 1.96. The lowest BCUT2D eigenvalue weighted by Crippen LogP contribution is -2.33. The Labute approximate surface area is 143 Å². The van der Waals surface area contributed by atoms with E-state index in [-0.39, 0.29) is 11.5 Å². The summed E-state index contributed by atoms with van der Waals surface area (Å²) in [6.45, 7) is -0.429. The predicted octanol–water partition coefficient (Wildman–Crippen LogP) is 2.90. The summed E-state index contributed by atoms with van der Waals surface area (Å²) in [6.07, 6.45) is -0.888. The normalized spacial score (nSPS) is 16.9. The number of amides is 1. The van der Waals surface area contributed by atoms with Gasteiger partial charge in [0.05, 0.1) is 6.61 Å². The van der Waals surface area contributed by atoms with Crippen molar-refractivity contribution >= 4 is 19.9 Å². The van der Waals surface area contributed by atoms with Gasteiger partial charge in [0.1, 0.15) is 11.5 Å². The molecule has 1 atom stereocenters. The Kier molecular flexibility index (Phi) is 5.02. The molecule has 0 saturated carbocycles. The number of nitrogens with one attached hydrogen (secondary N) is 1. The van der Waals surface area contributed by atoms with Gasteiger partial charge >= 0.3 is 19.9 Å². The maximum absolute atomic E-state index is 13.0. The summed E-state index contributed by atoms with van der Waals surface area (Å²) >= 11 is 0. The van der Waals surface area contributed by atoms with Gasteiger partial charge in [-0.3, -0.25) is 4.52 Å². The van der Waals surface area contributed by atoms with Gasteiger partial charge in [0, 0.05) is 0 Å². The first-order valence-electron chi connectivity index (χ1n) is 7.30. The van der Waals surface area contributed by atoms with Crippen molar-refractivity contribution in [3.63, 3.8) is 0 Å². The number of cyclic esters (lactones) is 2. The zero-order valence-corrected chi connectivity index (χ0v) is 13.8. The van der Waals surface area contributed by atoms with Crippen LogP contribution in [0.3, 0.4) is 0 Å². The fraction of sp³-hybridized carbons (Fsp3) is 0.125. The van der Waals surface area contributed by atoms with E-state index in [1.165, 1.54) is 0 Å². The molecule has 1 aliphatic rings. The second kappa shape index (κ2) is 7.38. The molecule has 1 N–H and O–H groups in total. The van der Waals surface area contributed by atoms with Crippen LogP contribution in [-0.4, -0.2) is 24.7 Å². The number of phosphoric ester groups is 1. The summed E-state index contributed by atoms with van der Waals surface area (Å²) in [7, 11) is -4.12. The summed E-state index contributed by atoms with van der Waals surface area (Å²) in [6, 6.07) is 15.5. The molecule has 8 nitrogen and oxygen atoms in total. The van der Waals surface area contributed by atoms with E-state index in [0.717, 1.165) is 0 Å². The summed E-state index contributed by atoms with van der Waals surface area (Å²) < 4.78 is 33.3. The number of hydrogen-bond donors (Lipinski definition) is 1. The maximum Gasteiger partial charge on any atom is 0.587 e. The Balaban J connectivity index is 1.75. The Morgan fingerprint density at radius 3 is 1.88 bits per heavy atom. The third-order valence-corrected chi connectivity index (χ3v) is 4.42. The number of benzene rings is 2. The number of alkyl carbamates (subject to hydrolysis) is 1. The van der Waals surface area contributed by atoms with Crippen molar-refractivity contribution in [2.24, 2.45) is 0 Å². The van der Waals surface area contributed by atoms with Crippen molar-refractivity contribution in [1.82, 2.24) is 5.32 Å². The van der Waals surface area contributed by atoms with Gasteiger partial charge in [-0.15, -0.1) is 0 Å². The molecule has 3 rings (SSSR count). The van der Waals surface area contributed by atoms with Gasteiger partial charge < -0.3 is 19.1 Å². The van der Waals surface area contributed by atoms with Crippen molar-refractivity contribution < 1.29 is 32.5 Å². The highest BCUT2D eigenvalue weighted by molar-refractivity contribution is 7.49. The Hall–Kier alpha value is -2.83. The Bertz CT molecular complexity index is 751. The lowest BCUT2D eigenvalue weighted by atomic mass is 10.3. The molecule has 0 radical (unpaired) electrons. The number of rotatable bonds is 7. The molecule has 1 aliphatic heterocycles. The molecule has 0 aromatic heterocycles. The van der Waals surface area contributed by atoms with Crippen LogP contribution in [0.25, 0.3) is 0 Å². The van der Waals surface area contributed by atoms with Crippen LogP contribution >= 0.6 is 7.82 Å². The smallest absolute Gasteiger partial charge is 0.395 e. The predicted molar refractivity (Wildman–Crippen MR) is 86.1 cm³/mol. The van der Waals surface area contributed by atoms with Crippen molar-refractivity contribution in [3.8, 4) is 11.5 Å². The molecule has 2 aromatic rings. The van der Waals surface area contributed by atoms with E-state index in [4.69, 9.17) is 13.6 Å². The van der Waals surface area contributed by atoms with Gasteiger partial charge in [-0.05, 0) is 24.3 Å². The number of phosphoric acid groups is 1. The van der Waals surface area contributed by atoms with E-state index >= 15 is 0 Å². The summed E-state index contributed by atoms with van der Waals surface area (Å²) in [5.41, 5.74) is 0. The lowest BCUT2D eigenvalue weighted by Gasteiger charge is -2.19. The van der Waals surface area contributed by atoms with Gasteiger partial charge in [-0.1, -0.05) is 36.4 Å². The summed E-state index contributed by atoms with van der Waals surface area (Å²) in [4.78, 5) is 22.5. The van der Waals surface area contributed by atoms with E-state index in [1.54, 1.807) is 60.7 Å². The third-order valence-electron chi connectivity index (χ3n) is 3.09. The van der Waals surface area contributed by atoms with Crippen molar-refractivity contribution in [3.05, 3.63) is 60.7 Å². The molecular formula is C16H14NO7P. The molecule has 0 spiro atoms. The van der Waals surface area contributed by atoms with Crippen LogP contribution in [0.4, 0.5) is 4.79 Å². The highest BCUT2D eigenvalue weighted by Gasteiger charge is 2.38. The van der Waals surface area contributed by atoms with Gasteiger partial charge in [0.15, 0.2) is 6.04 Å². The third kappa shape index (κ3) is 4.59. The second-order valence-electron chi connectivity index (χ2n) is 4.96. The van der Waals surface area contributed by atoms with Crippen LogP contribution in [0, 0.1) is 0 Å². The van der Waals surface area contributed by atoms with Crippen molar-refractivity contribution in [2.75, 3.05) is 6.61 Å². The number of carbonyl (C=O) groups excluding carboxylic acids is 2. The summed E-state index contributed by atoms with van der Waals surface area (Å²) in [5.74, 6) is -0.296. The minimum Gasteiger partial charge on any atom is -0.395 e. The van der Waals surface area contributed by atoms with E-state index in [0.29, 0.717) is 0 Å². The average molecular weight is 363 g/mol. The first kappa shape index (κ1) is 17.0. The molecule has 0 bridgehead atoms. The number of para-hydroxylation sites is 2. The van der Waals surface area contributed by atoms with Crippen molar-refractivity contribution in [2.45, 2.75) is 6.04 Å². The van der Waals surface area contributed by atoms with Crippen molar-refractivity contribution in [1.29, 1.82) is 0 Å². The average Bonchev–Trinajstić information content (AvgIpc) is 2.92. The molecule has 130 valence electrons. The van der Waals surface area contributed by atoms with Gasteiger partial charge in [-0.25, -0.2) is 14.2 Å². The highest BCUT2D eigenvalue weighted by atomic mass is 31.2. The van der Waals surface area contributed by atoms with Crippen LogP contribution in [0.5, 0.6) is 11.5 Å². The standard InChI is InChI=1S/C16H14NO7P/c18-15-14(17-16(19)22-15)11-21-25(20,23-12-7-3-1-4-8-12)24-13-9-5-2-6-10-13/h1-10,14H,11H2,(H,17,19). The molecular weight excluding hydrogens is 349 g/mol. The molecule has 1 unspecified atom stereocenters. The van der Waals surface area contributed by atoms with Crippen LogP contribution in [0.1, 0.15) is 0 Å². The molecule has 1 heterocycles. The first-order chi connectivity index (χ1) is 12.0. The molecule has 9 heteroatoms. The largest absolute Gasteiger partial charge is 0.587 e. The van der Waals surface area contributed by atoms with E-state index in [1.807, 2.05) is 0 Å². The molecule has 1 fully saturated rings. The molecule has 1 amide bonds. The van der Waals surface area contributed by atoms with Crippen LogP contribution < -0.4 is 14.4 Å². The molecule has 2 aromatic carbocycles. The van der Waals surface area contributed by atoms with E-state index < -0.39 is 32.5 Å². The van der Waals surface area contributed by atoms with Gasteiger partial charge in [0.25, 0.3) is 0 Å². The topological polar surface area (TPSA) is 100 Å². The Morgan fingerprint density at radius 1 is 0.920 bits per heavy atom. The second-order valence-corrected chi connectivity index (χ2v) is 6.47. The van der Waals surface area contributed by atoms with E-state index in [2.05, 4.69) is 10.1 Å². The maximum atomic E-state index is 13.0. The fourth-order valence-corrected chi connectivity index (χ4v) is 3.20.